The molecule has 6 nitrogen and oxygen atoms in total. The van der Waals surface area contributed by atoms with Crippen molar-refractivity contribution in [3.05, 3.63) is 63.9 Å². The van der Waals surface area contributed by atoms with Crippen LogP contribution in [-0.4, -0.2) is 37.4 Å². The molecule has 0 bridgehead atoms. The Bertz CT molecular complexity index is 993. The van der Waals surface area contributed by atoms with Crippen LogP contribution in [0.3, 0.4) is 0 Å². The molecule has 1 fully saturated rings. The Kier molecular flexibility index (Phi) is 6.34. The van der Waals surface area contributed by atoms with Gasteiger partial charge < -0.3 is 0 Å². The van der Waals surface area contributed by atoms with Gasteiger partial charge in [0.15, 0.2) is 0 Å². The number of sulfonamides is 1. The SMILES string of the molecule is O=C(N/N=C\c1c(F)cccc1Cl)[C@@H]1CCCN1S(=O)(=O)c1ccc(Cl)cc1. The van der Waals surface area contributed by atoms with Gasteiger partial charge in [-0.25, -0.2) is 18.2 Å². The molecule has 28 heavy (non-hydrogen) atoms. The van der Waals surface area contributed by atoms with Crippen LogP contribution in [0.2, 0.25) is 10.0 Å². The fraction of sp³-hybridized carbons (Fsp3) is 0.222. The minimum absolute atomic E-state index is 0.0292. The number of rotatable bonds is 5. The van der Waals surface area contributed by atoms with Crippen LogP contribution in [-0.2, 0) is 14.8 Å². The van der Waals surface area contributed by atoms with Gasteiger partial charge in [-0.1, -0.05) is 29.3 Å². The third-order valence-corrected chi connectivity index (χ3v) is 6.80. The lowest BCUT2D eigenvalue weighted by molar-refractivity contribution is -0.124. The van der Waals surface area contributed by atoms with Gasteiger partial charge in [0, 0.05) is 17.1 Å². The minimum Gasteiger partial charge on any atom is -0.271 e. The van der Waals surface area contributed by atoms with Gasteiger partial charge in [-0.2, -0.15) is 9.41 Å². The van der Waals surface area contributed by atoms with Crippen molar-refractivity contribution in [1.29, 1.82) is 0 Å². The zero-order valence-corrected chi connectivity index (χ0v) is 16.8. The van der Waals surface area contributed by atoms with Gasteiger partial charge >= 0.3 is 0 Å². The summed E-state index contributed by atoms with van der Waals surface area (Å²) in [6, 6.07) is 8.98. The molecule has 1 aliphatic rings. The molecule has 3 rings (SSSR count). The van der Waals surface area contributed by atoms with Crippen LogP contribution in [0.4, 0.5) is 4.39 Å². The summed E-state index contributed by atoms with van der Waals surface area (Å²) in [6.07, 6.45) is 1.98. The van der Waals surface area contributed by atoms with Gasteiger partial charge in [-0.05, 0) is 49.2 Å². The standard InChI is InChI=1S/C18H16Cl2FN3O3S/c19-12-6-8-13(9-7-12)28(26,27)24-10-2-5-17(24)18(25)23-22-11-14-15(20)3-1-4-16(14)21/h1,3-4,6-9,11,17H,2,5,10H2,(H,23,25)/b22-11-/t17-/m0/s1. The summed E-state index contributed by atoms with van der Waals surface area (Å²) in [5.41, 5.74) is 2.30. The normalized spacial score (nSPS) is 17.9. The summed E-state index contributed by atoms with van der Waals surface area (Å²) < 4.78 is 40.5. The van der Waals surface area contributed by atoms with E-state index in [9.17, 15) is 17.6 Å². The van der Waals surface area contributed by atoms with Crippen LogP contribution in [0.15, 0.2) is 52.5 Å². The van der Waals surface area contributed by atoms with E-state index in [-0.39, 0.29) is 22.0 Å². The topological polar surface area (TPSA) is 78.8 Å². The molecule has 1 saturated heterocycles. The fourth-order valence-electron chi connectivity index (χ4n) is 2.90. The molecule has 0 aromatic heterocycles. The van der Waals surface area contributed by atoms with E-state index < -0.39 is 27.8 Å². The zero-order chi connectivity index (χ0) is 20.3. The van der Waals surface area contributed by atoms with Gasteiger partial charge in [-0.3, -0.25) is 4.79 Å². The predicted octanol–water partition coefficient (Wildman–Crippen LogP) is 3.44. The van der Waals surface area contributed by atoms with E-state index in [2.05, 4.69) is 10.5 Å². The first-order valence-corrected chi connectivity index (χ1v) is 10.5. The number of benzene rings is 2. The monoisotopic (exact) mass is 443 g/mol. The number of hydrazone groups is 1. The second kappa shape index (κ2) is 8.57. The molecule has 2 aromatic carbocycles. The maximum absolute atomic E-state index is 13.7. The van der Waals surface area contributed by atoms with Crippen LogP contribution < -0.4 is 5.43 Å². The molecular formula is C18H16Cl2FN3O3S. The highest BCUT2D eigenvalue weighted by Gasteiger charge is 2.39. The first-order valence-electron chi connectivity index (χ1n) is 8.35. The molecule has 0 saturated carbocycles. The quantitative estimate of drug-likeness (QED) is 0.567. The lowest BCUT2D eigenvalue weighted by Crippen LogP contribution is -2.44. The second-order valence-electron chi connectivity index (χ2n) is 6.10. The Morgan fingerprint density at radius 1 is 1.21 bits per heavy atom. The highest BCUT2D eigenvalue weighted by Crippen LogP contribution is 2.27. The van der Waals surface area contributed by atoms with Crippen molar-refractivity contribution in [3.8, 4) is 0 Å². The lowest BCUT2D eigenvalue weighted by atomic mass is 10.2. The van der Waals surface area contributed by atoms with Crippen molar-refractivity contribution in [2.24, 2.45) is 5.10 Å². The Balaban J connectivity index is 1.74. The summed E-state index contributed by atoms with van der Waals surface area (Å²) in [5, 5.41) is 4.28. The number of nitrogens with zero attached hydrogens (tertiary/aromatic N) is 2. The number of carbonyl (C=O) groups is 1. The fourth-order valence-corrected chi connectivity index (χ4v) is 4.90. The van der Waals surface area contributed by atoms with Gasteiger partial charge in [0.2, 0.25) is 10.0 Å². The Hall–Kier alpha value is -2.00. The third-order valence-electron chi connectivity index (χ3n) is 4.29. The number of carbonyl (C=O) groups excluding carboxylic acids is 1. The van der Waals surface area contributed by atoms with Crippen LogP contribution in [0.25, 0.3) is 0 Å². The highest BCUT2D eigenvalue weighted by atomic mass is 35.5. The van der Waals surface area contributed by atoms with Crippen LogP contribution >= 0.6 is 23.2 Å². The molecule has 1 atom stereocenters. The number of hydrogen-bond acceptors (Lipinski definition) is 4. The molecule has 2 aromatic rings. The summed E-state index contributed by atoms with van der Waals surface area (Å²) >= 11 is 11.7. The van der Waals surface area contributed by atoms with Gasteiger partial charge in [-0.15, -0.1) is 0 Å². The van der Waals surface area contributed by atoms with E-state index in [0.717, 1.165) is 10.5 Å². The van der Waals surface area contributed by atoms with E-state index in [4.69, 9.17) is 23.2 Å². The van der Waals surface area contributed by atoms with E-state index in [0.29, 0.717) is 17.9 Å². The van der Waals surface area contributed by atoms with Crippen LogP contribution in [0.1, 0.15) is 18.4 Å². The summed E-state index contributed by atoms with van der Waals surface area (Å²) in [6.45, 7) is 0.214. The average Bonchev–Trinajstić information content (AvgIpc) is 3.15. The predicted molar refractivity (Wildman–Crippen MR) is 106 cm³/mol. The minimum atomic E-state index is -3.86. The van der Waals surface area contributed by atoms with E-state index >= 15 is 0 Å². The number of amides is 1. The largest absolute Gasteiger partial charge is 0.271 e. The summed E-state index contributed by atoms with van der Waals surface area (Å²) in [7, 11) is -3.86. The van der Waals surface area contributed by atoms with Gasteiger partial charge in [0.05, 0.1) is 16.1 Å². The maximum Gasteiger partial charge on any atom is 0.258 e. The average molecular weight is 444 g/mol. The molecular weight excluding hydrogens is 428 g/mol. The number of halogens is 3. The van der Waals surface area contributed by atoms with E-state index in [1.54, 1.807) is 0 Å². The van der Waals surface area contributed by atoms with Crippen molar-refractivity contribution in [1.82, 2.24) is 9.73 Å². The van der Waals surface area contributed by atoms with Crippen molar-refractivity contribution in [2.75, 3.05) is 6.54 Å². The summed E-state index contributed by atoms with van der Waals surface area (Å²) in [4.78, 5) is 12.5. The van der Waals surface area contributed by atoms with Crippen LogP contribution in [0.5, 0.6) is 0 Å². The number of hydrogen-bond donors (Lipinski definition) is 1. The molecule has 148 valence electrons. The molecule has 1 N–H and O–H groups in total. The molecule has 0 unspecified atom stereocenters. The molecule has 0 aliphatic carbocycles. The lowest BCUT2D eigenvalue weighted by Gasteiger charge is -2.22. The van der Waals surface area contributed by atoms with E-state index in [1.165, 1.54) is 42.5 Å². The molecule has 1 amide bonds. The summed E-state index contributed by atoms with van der Waals surface area (Å²) in [5.74, 6) is -1.18. The smallest absolute Gasteiger partial charge is 0.258 e. The maximum atomic E-state index is 13.7. The molecule has 0 radical (unpaired) electrons. The van der Waals surface area contributed by atoms with E-state index in [1.807, 2.05) is 0 Å². The molecule has 1 aliphatic heterocycles. The Labute approximate surface area is 172 Å². The Morgan fingerprint density at radius 2 is 1.93 bits per heavy atom. The van der Waals surface area contributed by atoms with Crippen molar-refractivity contribution in [3.63, 3.8) is 0 Å². The van der Waals surface area contributed by atoms with Crippen LogP contribution in [0, 0.1) is 5.82 Å². The van der Waals surface area contributed by atoms with Crippen molar-refractivity contribution >= 4 is 45.3 Å². The first kappa shape index (κ1) is 20.7. The Morgan fingerprint density at radius 3 is 2.61 bits per heavy atom. The van der Waals surface area contributed by atoms with Crippen molar-refractivity contribution < 1.29 is 17.6 Å². The van der Waals surface area contributed by atoms with Crippen molar-refractivity contribution in [2.45, 2.75) is 23.8 Å². The molecule has 1 heterocycles. The zero-order valence-electron chi connectivity index (χ0n) is 14.5. The molecule has 0 spiro atoms. The highest BCUT2D eigenvalue weighted by molar-refractivity contribution is 7.89. The van der Waals surface area contributed by atoms with Gasteiger partial charge in [0.1, 0.15) is 11.9 Å². The molecule has 10 heteroatoms. The first-order chi connectivity index (χ1) is 13.3. The second-order valence-corrected chi connectivity index (χ2v) is 8.83. The number of nitrogens with one attached hydrogen (secondary N) is 1. The van der Waals surface area contributed by atoms with Gasteiger partial charge in [0.25, 0.3) is 5.91 Å². The third kappa shape index (κ3) is 4.35.